The van der Waals surface area contributed by atoms with Gasteiger partial charge < -0.3 is 10.2 Å². The van der Waals surface area contributed by atoms with Gasteiger partial charge in [0.25, 0.3) is 0 Å². The highest BCUT2D eigenvalue weighted by molar-refractivity contribution is 7.92. The van der Waals surface area contributed by atoms with Gasteiger partial charge in [0.05, 0.1) is 17.5 Å². The summed E-state index contributed by atoms with van der Waals surface area (Å²) in [5, 5.41) is 2.84. The average Bonchev–Trinajstić information content (AvgIpc) is 2.84. The van der Waals surface area contributed by atoms with Crippen molar-refractivity contribution in [2.45, 2.75) is 52.3 Å². The summed E-state index contributed by atoms with van der Waals surface area (Å²) < 4.78 is 65.1. The number of amides is 2. The van der Waals surface area contributed by atoms with E-state index in [-0.39, 0.29) is 49.4 Å². The van der Waals surface area contributed by atoms with E-state index in [9.17, 15) is 31.2 Å². The zero-order valence-corrected chi connectivity index (χ0v) is 23.0. The maximum Gasteiger partial charge on any atom is 0.416 e. The lowest BCUT2D eigenvalue weighted by atomic mass is 10.1. The van der Waals surface area contributed by atoms with Gasteiger partial charge in [-0.2, -0.15) is 13.2 Å². The van der Waals surface area contributed by atoms with Gasteiger partial charge in [0, 0.05) is 26.1 Å². The number of carbonyl (C=O) groups is 2. The zero-order chi connectivity index (χ0) is 28.5. The number of anilines is 1. The van der Waals surface area contributed by atoms with Crippen LogP contribution in [0.5, 0.6) is 0 Å². The predicted octanol–water partition coefficient (Wildman–Crippen LogP) is 4.48. The molecule has 0 heterocycles. The summed E-state index contributed by atoms with van der Waals surface area (Å²) in [6.45, 7) is 6.12. The molecule has 0 fully saturated rings. The SMILES string of the molecule is CC(C)CNC(=O)[C@@H](C)N(CCc1ccccc1)C(=O)CCCN(c1cccc(C(F)(F)F)c1)S(C)(=O)=O. The molecule has 0 saturated carbocycles. The Morgan fingerprint density at radius 3 is 2.21 bits per heavy atom. The van der Waals surface area contributed by atoms with E-state index in [4.69, 9.17) is 0 Å². The molecule has 2 rings (SSSR count). The van der Waals surface area contributed by atoms with Gasteiger partial charge in [0.2, 0.25) is 21.8 Å². The molecule has 1 N–H and O–H groups in total. The van der Waals surface area contributed by atoms with Crippen molar-refractivity contribution in [3.8, 4) is 0 Å². The number of nitrogens with one attached hydrogen (secondary N) is 1. The van der Waals surface area contributed by atoms with Gasteiger partial charge in [-0.25, -0.2) is 8.42 Å². The Morgan fingerprint density at radius 2 is 1.63 bits per heavy atom. The van der Waals surface area contributed by atoms with Crippen LogP contribution in [-0.4, -0.2) is 57.1 Å². The quantitative estimate of drug-likeness (QED) is 0.395. The Labute approximate surface area is 223 Å². The summed E-state index contributed by atoms with van der Waals surface area (Å²) in [5.74, 6) is -0.398. The number of sulfonamides is 1. The molecule has 2 aromatic carbocycles. The molecule has 0 unspecified atom stereocenters. The molecule has 0 bridgehead atoms. The van der Waals surface area contributed by atoms with E-state index >= 15 is 0 Å². The molecule has 7 nitrogen and oxygen atoms in total. The summed E-state index contributed by atoms with van der Waals surface area (Å²) in [6, 6.07) is 12.8. The zero-order valence-electron chi connectivity index (χ0n) is 22.2. The van der Waals surface area contributed by atoms with Crippen LogP contribution in [0.2, 0.25) is 0 Å². The molecule has 1 atom stereocenters. The molecule has 0 aliphatic rings. The van der Waals surface area contributed by atoms with E-state index in [2.05, 4.69) is 5.32 Å². The highest BCUT2D eigenvalue weighted by Gasteiger charge is 2.32. The smallest absolute Gasteiger partial charge is 0.354 e. The van der Waals surface area contributed by atoms with Crippen LogP contribution in [0.3, 0.4) is 0 Å². The summed E-state index contributed by atoms with van der Waals surface area (Å²) in [6.07, 6.45) is -3.22. The molecular weight excluding hydrogens is 519 g/mol. The number of hydrogen-bond donors (Lipinski definition) is 1. The lowest BCUT2D eigenvalue weighted by molar-refractivity contribution is -0.140. The molecule has 11 heteroatoms. The lowest BCUT2D eigenvalue weighted by Gasteiger charge is -2.29. The van der Waals surface area contributed by atoms with Crippen LogP contribution in [0.15, 0.2) is 54.6 Å². The Balaban J connectivity index is 2.15. The molecule has 2 amide bonds. The first-order valence-electron chi connectivity index (χ1n) is 12.5. The van der Waals surface area contributed by atoms with Crippen LogP contribution in [0.1, 0.15) is 44.7 Å². The number of benzene rings is 2. The minimum Gasteiger partial charge on any atom is -0.354 e. The number of halogens is 3. The summed E-state index contributed by atoms with van der Waals surface area (Å²) in [5.41, 5.74) is -0.0990. The van der Waals surface area contributed by atoms with E-state index in [0.29, 0.717) is 13.0 Å². The lowest BCUT2D eigenvalue weighted by Crippen LogP contribution is -2.49. The van der Waals surface area contributed by atoms with Crippen molar-refractivity contribution in [1.82, 2.24) is 10.2 Å². The van der Waals surface area contributed by atoms with Crippen molar-refractivity contribution in [1.29, 1.82) is 0 Å². The number of hydrogen-bond acceptors (Lipinski definition) is 4. The summed E-state index contributed by atoms with van der Waals surface area (Å²) in [4.78, 5) is 27.4. The standard InChI is InChI=1S/C27H36F3N3O4S/c1-20(2)19-31-26(35)21(3)32(17-15-22-10-6-5-7-11-22)25(34)14-9-16-33(38(4,36)37)24-13-8-12-23(18-24)27(28,29)30/h5-8,10-13,18,20-21H,9,14-17,19H2,1-4H3,(H,31,35)/t21-/m1/s1. The van der Waals surface area contributed by atoms with E-state index in [0.717, 1.165) is 34.3 Å². The fraction of sp³-hybridized carbons (Fsp3) is 0.481. The topological polar surface area (TPSA) is 86.8 Å². The van der Waals surface area contributed by atoms with E-state index in [1.807, 2.05) is 44.2 Å². The molecular formula is C27H36F3N3O4S. The largest absolute Gasteiger partial charge is 0.416 e. The van der Waals surface area contributed by atoms with E-state index in [1.54, 1.807) is 6.92 Å². The van der Waals surface area contributed by atoms with Crippen LogP contribution in [0.4, 0.5) is 18.9 Å². The molecule has 210 valence electrons. The second-order valence-electron chi connectivity index (χ2n) is 9.62. The minimum atomic E-state index is -4.62. The van der Waals surface area contributed by atoms with Crippen LogP contribution in [0.25, 0.3) is 0 Å². The molecule has 38 heavy (non-hydrogen) atoms. The fourth-order valence-corrected chi connectivity index (χ4v) is 4.82. The molecule has 0 aliphatic heterocycles. The van der Waals surface area contributed by atoms with Crippen molar-refractivity contribution < 1.29 is 31.2 Å². The van der Waals surface area contributed by atoms with Crippen molar-refractivity contribution in [3.63, 3.8) is 0 Å². The van der Waals surface area contributed by atoms with E-state index in [1.165, 1.54) is 11.0 Å². The van der Waals surface area contributed by atoms with Crippen molar-refractivity contribution in [3.05, 3.63) is 65.7 Å². The van der Waals surface area contributed by atoms with Gasteiger partial charge >= 0.3 is 6.18 Å². The third-order valence-corrected chi connectivity index (χ3v) is 7.14. The Hall–Kier alpha value is -3.08. The Morgan fingerprint density at radius 1 is 0.974 bits per heavy atom. The van der Waals surface area contributed by atoms with Gasteiger partial charge in [-0.05, 0) is 49.4 Å². The number of alkyl halides is 3. The first kappa shape index (κ1) is 31.1. The molecule has 0 saturated heterocycles. The van der Waals surface area contributed by atoms with Crippen molar-refractivity contribution in [2.24, 2.45) is 5.92 Å². The minimum absolute atomic E-state index is 0.0598. The second kappa shape index (κ2) is 13.6. The number of rotatable bonds is 13. The first-order chi connectivity index (χ1) is 17.7. The summed E-state index contributed by atoms with van der Waals surface area (Å²) in [7, 11) is -3.91. The third-order valence-electron chi connectivity index (χ3n) is 5.95. The highest BCUT2D eigenvalue weighted by atomic mass is 32.2. The fourth-order valence-electron chi connectivity index (χ4n) is 3.86. The summed E-state index contributed by atoms with van der Waals surface area (Å²) >= 11 is 0. The van der Waals surface area contributed by atoms with Crippen molar-refractivity contribution in [2.75, 3.05) is 30.2 Å². The van der Waals surface area contributed by atoms with Gasteiger partial charge in [0.1, 0.15) is 6.04 Å². The van der Waals surface area contributed by atoms with Gasteiger partial charge in [-0.1, -0.05) is 50.2 Å². The van der Waals surface area contributed by atoms with Gasteiger partial charge in [-0.15, -0.1) is 0 Å². The number of nitrogens with zero attached hydrogens (tertiary/aromatic N) is 2. The molecule has 0 aromatic heterocycles. The molecule has 0 spiro atoms. The highest BCUT2D eigenvalue weighted by Crippen LogP contribution is 2.32. The Kier molecular flexibility index (Phi) is 11.2. The van der Waals surface area contributed by atoms with Crippen LogP contribution in [-0.2, 0) is 32.2 Å². The molecule has 2 aromatic rings. The second-order valence-corrected chi connectivity index (χ2v) is 11.5. The number of carbonyl (C=O) groups excluding carboxylic acids is 2. The van der Waals surface area contributed by atoms with Gasteiger partial charge in [0.15, 0.2) is 0 Å². The Bertz CT molecular complexity index is 1170. The first-order valence-corrected chi connectivity index (χ1v) is 14.3. The van der Waals surface area contributed by atoms with Crippen molar-refractivity contribution >= 4 is 27.5 Å². The van der Waals surface area contributed by atoms with E-state index < -0.39 is 27.8 Å². The molecule has 0 aliphatic carbocycles. The van der Waals surface area contributed by atoms with Crippen LogP contribution in [0, 0.1) is 5.92 Å². The third kappa shape index (κ3) is 9.66. The monoisotopic (exact) mass is 555 g/mol. The van der Waals surface area contributed by atoms with Gasteiger partial charge in [-0.3, -0.25) is 13.9 Å². The maximum absolute atomic E-state index is 13.2. The normalized spacial score (nSPS) is 12.7. The van der Waals surface area contributed by atoms with Crippen LogP contribution < -0.4 is 9.62 Å². The maximum atomic E-state index is 13.2. The van der Waals surface area contributed by atoms with Crippen LogP contribution >= 0.6 is 0 Å². The molecule has 0 radical (unpaired) electrons. The predicted molar refractivity (Wildman–Crippen MR) is 142 cm³/mol. The average molecular weight is 556 g/mol.